The van der Waals surface area contributed by atoms with Crippen molar-refractivity contribution >= 4 is 11.7 Å². The van der Waals surface area contributed by atoms with Gasteiger partial charge in [-0.05, 0) is 19.1 Å². The number of rotatable bonds is 2. The molecule has 1 amide bonds. The van der Waals surface area contributed by atoms with Gasteiger partial charge in [-0.3, -0.25) is 4.79 Å². The number of amides is 1. The largest absolute Gasteiger partial charge is 0.493 e. The van der Waals surface area contributed by atoms with E-state index in [1.54, 1.807) is 13.2 Å². The number of methoxy groups -OCH3 is 1. The Balaban J connectivity index is 2.96. The lowest BCUT2D eigenvalue weighted by molar-refractivity contribution is -0.123. The first-order chi connectivity index (χ1) is 7.34. The Morgan fingerprint density at radius 2 is 2.00 bits per heavy atom. The second kappa shape index (κ2) is 4.51. The average molecular weight is 222 g/mol. The topological polar surface area (TPSA) is 51.2 Å². The van der Waals surface area contributed by atoms with Crippen molar-refractivity contribution in [3.63, 3.8) is 0 Å². The van der Waals surface area contributed by atoms with Crippen LogP contribution in [-0.4, -0.2) is 18.0 Å². The van der Waals surface area contributed by atoms with Crippen LogP contribution in [0, 0.1) is 12.3 Å². The summed E-state index contributed by atoms with van der Waals surface area (Å²) in [5.41, 5.74) is 0.390. The number of aromatic nitrogens is 1. The molecule has 0 spiro atoms. The Hall–Kier alpha value is -1.58. The van der Waals surface area contributed by atoms with Gasteiger partial charge >= 0.3 is 0 Å². The highest BCUT2D eigenvalue weighted by Gasteiger charge is 2.22. The number of nitrogens with zero attached hydrogens (tertiary/aromatic N) is 1. The van der Waals surface area contributed by atoms with Crippen LogP contribution in [0.2, 0.25) is 0 Å². The lowest BCUT2D eigenvalue weighted by Crippen LogP contribution is -2.28. The summed E-state index contributed by atoms with van der Waals surface area (Å²) in [6.45, 7) is 7.42. The number of carbonyl (C=O) groups is 1. The Bertz CT molecular complexity index is 394. The van der Waals surface area contributed by atoms with Crippen molar-refractivity contribution in [2.24, 2.45) is 5.41 Å². The molecule has 16 heavy (non-hydrogen) atoms. The SMILES string of the molecule is COc1ccc(C)nc1NC(=O)C(C)(C)C. The highest BCUT2D eigenvalue weighted by Crippen LogP contribution is 2.24. The lowest BCUT2D eigenvalue weighted by Gasteiger charge is -2.18. The van der Waals surface area contributed by atoms with Gasteiger partial charge in [-0.1, -0.05) is 20.8 Å². The first-order valence-electron chi connectivity index (χ1n) is 5.17. The molecule has 88 valence electrons. The Kier molecular flexibility index (Phi) is 3.52. The molecule has 0 unspecified atom stereocenters. The van der Waals surface area contributed by atoms with Gasteiger partial charge in [0.1, 0.15) is 0 Å². The van der Waals surface area contributed by atoms with Crippen LogP contribution in [-0.2, 0) is 4.79 Å². The summed E-state index contributed by atoms with van der Waals surface area (Å²) >= 11 is 0. The summed E-state index contributed by atoms with van der Waals surface area (Å²) < 4.78 is 5.14. The number of hydrogen-bond acceptors (Lipinski definition) is 3. The number of hydrogen-bond donors (Lipinski definition) is 1. The van der Waals surface area contributed by atoms with Crippen LogP contribution in [0.1, 0.15) is 26.5 Å². The monoisotopic (exact) mass is 222 g/mol. The van der Waals surface area contributed by atoms with Gasteiger partial charge in [0.15, 0.2) is 11.6 Å². The fourth-order valence-corrected chi connectivity index (χ4v) is 1.09. The van der Waals surface area contributed by atoms with Crippen LogP contribution < -0.4 is 10.1 Å². The van der Waals surface area contributed by atoms with Crippen molar-refractivity contribution in [3.8, 4) is 5.75 Å². The third-order valence-electron chi connectivity index (χ3n) is 2.13. The zero-order valence-corrected chi connectivity index (χ0v) is 10.4. The molecule has 0 aliphatic rings. The predicted molar refractivity (Wildman–Crippen MR) is 63.6 cm³/mol. The van der Waals surface area contributed by atoms with Gasteiger partial charge < -0.3 is 10.1 Å². The van der Waals surface area contributed by atoms with E-state index >= 15 is 0 Å². The van der Waals surface area contributed by atoms with Crippen LogP contribution in [0.5, 0.6) is 5.75 Å². The summed E-state index contributed by atoms with van der Waals surface area (Å²) in [6, 6.07) is 3.63. The smallest absolute Gasteiger partial charge is 0.231 e. The molecule has 0 aliphatic carbocycles. The average Bonchev–Trinajstić information content (AvgIpc) is 2.16. The van der Waals surface area contributed by atoms with E-state index in [2.05, 4.69) is 10.3 Å². The number of carbonyl (C=O) groups excluding carboxylic acids is 1. The van der Waals surface area contributed by atoms with Gasteiger partial charge in [0.2, 0.25) is 5.91 Å². The second-order valence-electron chi connectivity index (χ2n) is 4.71. The Morgan fingerprint density at radius 1 is 1.38 bits per heavy atom. The predicted octanol–water partition coefficient (Wildman–Crippen LogP) is 2.38. The minimum Gasteiger partial charge on any atom is -0.493 e. The molecule has 4 nitrogen and oxygen atoms in total. The third kappa shape index (κ3) is 2.95. The minimum atomic E-state index is -0.448. The van der Waals surface area contributed by atoms with Crippen molar-refractivity contribution in [1.82, 2.24) is 4.98 Å². The molecule has 0 aliphatic heterocycles. The molecule has 4 heteroatoms. The lowest BCUT2D eigenvalue weighted by atomic mass is 9.96. The molecule has 0 aromatic carbocycles. The highest BCUT2D eigenvalue weighted by molar-refractivity contribution is 5.94. The standard InChI is InChI=1S/C12H18N2O2/c1-8-6-7-9(16-5)10(13-8)14-11(15)12(2,3)4/h6-7H,1-5H3,(H,13,14,15). The number of pyridine rings is 1. The Labute approximate surface area is 96.0 Å². The summed E-state index contributed by atoms with van der Waals surface area (Å²) in [6.07, 6.45) is 0. The van der Waals surface area contributed by atoms with Gasteiger partial charge in [0.05, 0.1) is 7.11 Å². The van der Waals surface area contributed by atoms with E-state index in [9.17, 15) is 4.79 Å². The van der Waals surface area contributed by atoms with Crippen molar-refractivity contribution in [3.05, 3.63) is 17.8 Å². The summed E-state index contributed by atoms with van der Waals surface area (Å²) in [7, 11) is 1.55. The van der Waals surface area contributed by atoms with Gasteiger partial charge in [-0.2, -0.15) is 0 Å². The highest BCUT2D eigenvalue weighted by atomic mass is 16.5. The number of aryl methyl sites for hydroxylation is 1. The van der Waals surface area contributed by atoms with E-state index in [1.807, 2.05) is 33.8 Å². The normalized spacial score (nSPS) is 11.1. The molecule has 0 saturated heterocycles. The van der Waals surface area contributed by atoms with E-state index < -0.39 is 5.41 Å². The summed E-state index contributed by atoms with van der Waals surface area (Å²) in [5, 5.41) is 2.77. The van der Waals surface area contributed by atoms with Gasteiger partial charge in [0.25, 0.3) is 0 Å². The minimum absolute atomic E-state index is 0.0797. The molecule has 0 radical (unpaired) electrons. The molecule has 1 heterocycles. The van der Waals surface area contributed by atoms with Crippen molar-refractivity contribution in [1.29, 1.82) is 0 Å². The molecule has 0 saturated carbocycles. The summed E-state index contributed by atoms with van der Waals surface area (Å²) in [4.78, 5) is 16.0. The van der Waals surface area contributed by atoms with E-state index in [0.717, 1.165) is 5.69 Å². The van der Waals surface area contributed by atoms with Crippen molar-refractivity contribution in [2.75, 3.05) is 12.4 Å². The second-order valence-corrected chi connectivity index (χ2v) is 4.71. The molecule has 0 fully saturated rings. The maximum absolute atomic E-state index is 11.8. The molecule has 1 aromatic heterocycles. The molecule has 0 atom stereocenters. The van der Waals surface area contributed by atoms with Crippen molar-refractivity contribution in [2.45, 2.75) is 27.7 Å². The molecule has 1 N–H and O–H groups in total. The maximum Gasteiger partial charge on any atom is 0.231 e. The Morgan fingerprint density at radius 3 is 2.50 bits per heavy atom. The zero-order chi connectivity index (χ0) is 12.3. The van der Waals surface area contributed by atoms with E-state index in [4.69, 9.17) is 4.74 Å². The molecule has 1 aromatic rings. The number of nitrogens with one attached hydrogen (secondary N) is 1. The molecular weight excluding hydrogens is 204 g/mol. The van der Waals surface area contributed by atoms with E-state index in [0.29, 0.717) is 11.6 Å². The fourth-order valence-electron chi connectivity index (χ4n) is 1.09. The van der Waals surface area contributed by atoms with E-state index in [-0.39, 0.29) is 5.91 Å². The van der Waals surface area contributed by atoms with Crippen LogP contribution in [0.3, 0.4) is 0 Å². The van der Waals surface area contributed by atoms with Crippen molar-refractivity contribution < 1.29 is 9.53 Å². The quantitative estimate of drug-likeness (QED) is 0.835. The first kappa shape index (κ1) is 12.5. The number of anilines is 1. The first-order valence-corrected chi connectivity index (χ1v) is 5.17. The molecule has 0 bridgehead atoms. The van der Waals surface area contributed by atoms with Crippen LogP contribution in [0.4, 0.5) is 5.82 Å². The fraction of sp³-hybridized carbons (Fsp3) is 0.500. The maximum atomic E-state index is 11.8. The molecular formula is C12H18N2O2. The van der Waals surface area contributed by atoms with Gasteiger partial charge in [-0.15, -0.1) is 0 Å². The van der Waals surface area contributed by atoms with Crippen LogP contribution in [0.25, 0.3) is 0 Å². The van der Waals surface area contributed by atoms with Gasteiger partial charge in [-0.25, -0.2) is 4.98 Å². The summed E-state index contributed by atoms with van der Waals surface area (Å²) in [5.74, 6) is 0.967. The molecule has 1 rings (SSSR count). The zero-order valence-electron chi connectivity index (χ0n) is 10.4. The van der Waals surface area contributed by atoms with Crippen LogP contribution >= 0.6 is 0 Å². The van der Waals surface area contributed by atoms with Gasteiger partial charge in [0, 0.05) is 11.1 Å². The van der Waals surface area contributed by atoms with E-state index in [1.165, 1.54) is 0 Å². The number of ether oxygens (including phenoxy) is 1. The third-order valence-corrected chi connectivity index (χ3v) is 2.13. The van der Waals surface area contributed by atoms with Crippen LogP contribution in [0.15, 0.2) is 12.1 Å².